The van der Waals surface area contributed by atoms with Gasteiger partial charge in [0.2, 0.25) is 5.89 Å². The molecule has 1 N–H and O–H groups in total. The summed E-state index contributed by atoms with van der Waals surface area (Å²) in [5, 5.41) is 9.03. The van der Waals surface area contributed by atoms with Gasteiger partial charge >= 0.3 is 5.97 Å². The number of aryl methyl sites for hydroxylation is 1. The number of likely N-dealkylation sites (tertiary alicyclic amines) is 1. The van der Waals surface area contributed by atoms with Crippen LogP contribution in [-0.4, -0.2) is 34.0 Å². The highest BCUT2D eigenvalue weighted by molar-refractivity contribution is 5.70. The number of nitrogens with zero attached hydrogens (tertiary/aromatic N) is 2. The summed E-state index contributed by atoms with van der Waals surface area (Å²) in [4.78, 5) is 17.7. The van der Waals surface area contributed by atoms with E-state index in [1.807, 2.05) is 6.92 Å². The van der Waals surface area contributed by atoms with E-state index in [1.54, 1.807) is 12.1 Å². The third kappa shape index (κ3) is 3.59. The Morgan fingerprint density at radius 2 is 2.00 bits per heavy atom. The first-order chi connectivity index (χ1) is 11.0. The molecule has 6 heteroatoms. The van der Waals surface area contributed by atoms with Crippen molar-refractivity contribution in [2.45, 2.75) is 26.3 Å². The molecule has 0 unspecified atom stereocenters. The topological polar surface area (TPSA) is 66.6 Å². The smallest absolute Gasteiger partial charge is 0.306 e. The molecule has 0 atom stereocenters. The SMILES string of the molecule is Cc1oc(-c2ccc(F)cc2)nc1CN1CCC(C(=O)O)CC1. The van der Waals surface area contributed by atoms with E-state index in [1.165, 1.54) is 12.1 Å². The van der Waals surface area contributed by atoms with E-state index in [4.69, 9.17) is 9.52 Å². The van der Waals surface area contributed by atoms with Crippen molar-refractivity contribution in [1.29, 1.82) is 0 Å². The number of carboxylic acids is 1. The van der Waals surface area contributed by atoms with Crippen LogP contribution in [0.15, 0.2) is 28.7 Å². The summed E-state index contributed by atoms with van der Waals surface area (Å²) in [7, 11) is 0. The van der Waals surface area contributed by atoms with E-state index in [0.29, 0.717) is 25.3 Å². The highest BCUT2D eigenvalue weighted by atomic mass is 19.1. The Balaban J connectivity index is 1.67. The third-order valence-corrected chi connectivity index (χ3v) is 4.29. The van der Waals surface area contributed by atoms with Gasteiger partial charge in [-0.25, -0.2) is 9.37 Å². The van der Waals surface area contributed by atoms with Crippen molar-refractivity contribution < 1.29 is 18.7 Å². The molecule has 3 rings (SSSR count). The summed E-state index contributed by atoms with van der Waals surface area (Å²) >= 11 is 0. The van der Waals surface area contributed by atoms with E-state index in [2.05, 4.69) is 9.88 Å². The largest absolute Gasteiger partial charge is 0.481 e. The molecular formula is C17H19FN2O3. The Morgan fingerprint density at radius 3 is 2.61 bits per heavy atom. The molecule has 0 aliphatic carbocycles. The van der Waals surface area contributed by atoms with Crippen molar-refractivity contribution in [2.24, 2.45) is 5.92 Å². The summed E-state index contributed by atoms with van der Waals surface area (Å²) in [6.07, 6.45) is 1.33. The van der Waals surface area contributed by atoms with Gasteiger partial charge in [0.1, 0.15) is 11.6 Å². The van der Waals surface area contributed by atoms with Gasteiger partial charge in [-0.15, -0.1) is 0 Å². The maximum atomic E-state index is 13.0. The van der Waals surface area contributed by atoms with E-state index in [-0.39, 0.29) is 11.7 Å². The minimum absolute atomic E-state index is 0.237. The van der Waals surface area contributed by atoms with Gasteiger partial charge in [0.05, 0.1) is 11.6 Å². The lowest BCUT2D eigenvalue weighted by Crippen LogP contribution is -2.36. The molecule has 1 aromatic heterocycles. The van der Waals surface area contributed by atoms with Crippen molar-refractivity contribution in [3.8, 4) is 11.5 Å². The van der Waals surface area contributed by atoms with Gasteiger partial charge < -0.3 is 9.52 Å². The zero-order chi connectivity index (χ0) is 16.4. The molecule has 23 heavy (non-hydrogen) atoms. The number of oxazole rings is 1. The Hall–Kier alpha value is -2.21. The minimum Gasteiger partial charge on any atom is -0.481 e. The molecule has 122 valence electrons. The highest BCUT2D eigenvalue weighted by Gasteiger charge is 2.25. The van der Waals surface area contributed by atoms with Crippen LogP contribution in [0.25, 0.3) is 11.5 Å². The van der Waals surface area contributed by atoms with Gasteiger partial charge in [-0.05, 0) is 57.1 Å². The number of rotatable bonds is 4. The molecule has 2 heterocycles. The molecule has 1 aliphatic heterocycles. The summed E-state index contributed by atoms with van der Waals surface area (Å²) < 4.78 is 18.7. The standard InChI is InChI=1S/C17H19FN2O3/c1-11-15(10-20-8-6-13(7-9-20)17(21)22)19-16(23-11)12-2-4-14(18)5-3-12/h2-5,13H,6-10H2,1H3,(H,21,22). The number of aliphatic carboxylic acids is 1. The maximum absolute atomic E-state index is 13.0. The van der Waals surface area contributed by atoms with Crippen LogP contribution in [0.1, 0.15) is 24.3 Å². The quantitative estimate of drug-likeness (QED) is 0.938. The van der Waals surface area contributed by atoms with Crippen LogP contribution < -0.4 is 0 Å². The maximum Gasteiger partial charge on any atom is 0.306 e. The lowest BCUT2D eigenvalue weighted by Gasteiger charge is -2.29. The molecule has 0 spiro atoms. The second kappa shape index (κ2) is 6.50. The number of hydrogen-bond acceptors (Lipinski definition) is 4. The molecule has 0 radical (unpaired) electrons. The zero-order valence-electron chi connectivity index (χ0n) is 13.0. The summed E-state index contributed by atoms with van der Waals surface area (Å²) in [6, 6.07) is 6.04. The van der Waals surface area contributed by atoms with Crippen molar-refractivity contribution in [3.05, 3.63) is 41.5 Å². The van der Waals surface area contributed by atoms with Crippen LogP contribution >= 0.6 is 0 Å². The Kier molecular flexibility index (Phi) is 4.43. The fourth-order valence-corrected chi connectivity index (χ4v) is 2.84. The van der Waals surface area contributed by atoms with Gasteiger partial charge in [-0.3, -0.25) is 9.69 Å². The first-order valence-corrected chi connectivity index (χ1v) is 7.70. The van der Waals surface area contributed by atoms with Crippen LogP contribution in [0.2, 0.25) is 0 Å². The number of benzene rings is 1. The predicted molar refractivity (Wildman–Crippen MR) is 82.3 cm³/mol. The van der Waals surface area contributed by atoms with Crippen LogP contribution in [0.3, 0.4) is 0 Å². The average molecular weight is 318 g/mol. The highest BCUT2D eigenvalue weighted by Crippen LogP contribution is 2.24. The molecule has 0 saturated carbocycles. The Labute approximate surface area is 133 Å². The van der Waals surface area contributed by atoms with Gasteiger partial charge in [0.25, 0.3) is 0 Å². The molecule has 1 fully saturated rings. The number of piperidine rings is 1. The van der Waals surface area contributed by atoms with Crippen molar-refractivity contribution in [1.82, 2.24) is 9.88 Å². The van der Waals surface area contributed by atoms with Gasteiger partial charge in [-0.2, -0.15) is 0 Å². The lowest BCUT2D eigenvalue weighted by molar-refractivity contribution is -0.143. The van der Waals surface area contributed by atoms with Crippen molar-refractivity contribution in [3.63, 3.8) is 0 Å². The number of aromatic nitrogens is 1. The Morgan fingerprint density at radius 1 is 1.35 bits per heavy atom. The molecule has 0 amide bonds. The van der Waals surface area contributed by atoms with Crippen molar-refractivity contribution in [2.75, 3.05) is 13.1 Å². The van der Waals surface area contributed by atoms with Crippen molar-refractivity contribution >= 4 is 5.97 Å². The molecule has 1 saturated heterocycles. The van der Waals surface area contributed by atoms with Crippen LogP contribution in [0.4, 0.5) is 4.39 Å². The summed E-state index contributed by atoms with van der Waals surface area (Å²) in [5.41, 5.74) is 1.59. The molecule has 2 aromatic rings. The fourth-order valence-electron chi connectivity index (χ4n) is 2.84. The van der Waals surface area contributed by atoms with Gasteiger partial charge in [0.15, 0.2) is 0 Å². The molecular weight excluding hydrogens is 299 g/mol. The molecule has 1 aromatic carbocycles. The van der Waals surface area contributed by atoms with Crippen LogP contribution in [-0.2, 0) is 11.3 Å². The second-order valence-corrected chi connectivity index (χ2v) is 5.92. The molecule has 5 nitrogen and oxygen atoms in total. The monoisotopic (exact) mass is 318 g/mol. The number of halogens is 1. The fraction of sp³-hybridized carbons (Fsp3) is 0.412. The van der Waals surface area contributed by atoms with E-state index < -0.39 is 5.97 Å². The number of carboxylic acid groups (broad SMARTS) is 1. The normalized spacial score (nSPS) is 16.6. The summed E-state index contributed by atoms with van der Waals surface area (Å²) in [5.74, 6) is -0.0125. The van der Waals surface area contributed by atoms with Gasteiger partial charge in [0, 0.05) is 12.1 Å². The number of hydrogen-bond donors (Lipinski definition) is 1. The first kappa shape index (κ1) is 15.7. The summed E-state index contributed by atoms with van der Waals surface area (Å²) in [6.45, 7) is 3.99. The molecule has 1 aliphatic rings. The predicted octanol–water partition coefficient (Wildman–Crippen LogP) is 3.09. The first-order valence-electron chi connectivity index (χ1n) is 7.70. The van der Waals surface area contributed by atoms with Crippen LogP contribution in [0, 0.1) is 18.7 Å². The minimum atomic E-state index is -0.708. The van der Waals surface area contributed by atoms with Gasteiger partial charge in [-0.1, -0.05) is 0 Å². The molecule has 0 bridgehead atoms. The van der Waals surface area contributed by atoms with E-state index >= 15 is 0 Å². The lowest BCUT2D eigenvalue weighted by atomic mass is 9.97. The average Bonchev–Trinajstić information content (AvgIpc) is 2.89. The van der Waals surface area contributed by atoms with Crippen LogP contribution in [0.5, 0.6) is 0 Å². The zero-order valence-corrected chi connectivity index (χ0v) is 13.0. The van der Waals surface area contributed by atoms with E-state index in [0.717, 1.165) is 30.1 Å². The third-order valence-electron chi connectivity index (χ3n) is 4.29. The number of carbonyl (C=O) groups is 1. The Bertz CT molecular complexity index is 688. The second-order valence-electron chi connectivity index (χ2n) is 5.92. The van der Waals surface area contributed by atoms with E-state index in [9.17, 15) is 9.18 Å².